The summed E-state index contributed by atoms with van der Waals surface area (Å²) in [7, 11) is 0. The number of aromatic hydroxyl groups is 1. The summed E-state index contributed by atoms with van der Waals surface area (Å²) in [4.78, 5) is 12.8. The number of hydrogen-bond donors (Lipinski definition) is 1. The molecule has 0 bridgehead atoms. The van der Waals surface area contributed by atoms with Crippen molar-refractivity contribution in [3.8, 4) is 18.1 Å². The summed E-state index contributed by atoms with van der Waals surface area (Å²) in [6, 6.07) is 3.92. The molecule has 1 unspecified atom stereocenters. The van der Waals surface area contributed by atoms with Crippen LogP contribution in [-0.2, 0) is 4.79 Å². The molecule has 1 N–H and O–H groups in total. The van der Waals surface area contributed by atoms with Crippen LogP contribution in [0.25, 0.3) is 0 Å². The lowest BCUT2D eigenvalue weighted by atomic mass is 10.1. The molecule has 0 saturated carbocycles. The van der Waals surface area contributed by atoms with Crippen molar-refractivity contribution in [2.75, 3.05) is 11.4 Å². The molecule has 2 rings (SSSR count). The number of hydrogen-bond acceptors (Lipinski definition) is 2. The fourth-order valence-electron chi connectivity index (χ4n) is 1.81. The second-order valence-corrected chi connectivity index (χ2v) is 3.68. The van der Waals surface area contributed by atoms with E-state index in [2.05, 4.69) is 5.92 Å². The predicted molar refractivity (Wildman–Crippen MR) is 57.4 cm³/mol. The molecular formula is C12H10FNO2. The zero-order chi connectivity index (χ0) is 11.7. The molecule has 0 spiro atoms. The van der Waals surface area contributed by atoms with E-state index >= 15 is 0 Å². The van der Waals surface area contributed by atoms with Gasteiger partial charge < -0.3 is 10.0 Å². The molecule has 1 saturated heterocycles. The molecule has 1 atom stereocenters. The highest BCUT2D eigenvalue weighted by atomic mass is 19.1. The highest BCUT2D eigenvalue weighted by Gasteiger charge is 2.32. The minimum atomic E-state index is -0.619. The van der Waals surface area contributed by atoms with E-state index in [-0.39, 0.29) is 36.2 Å². The Balaban J connectivity index is 2.39. The van der Waals surface area contributed by atoms with Crippen LogP contribution in [0.3, 0.4) is 0 Å². The molecule has 82 valence electrons. The smallest absolute Gasteiger partial charge is 0.228 e. The quantitative estimate of drug-likeness (QED) is 0.727. The first-order valence-electron chi connectivity index (χ1n) is 4.87. The number of phenolic OH excluding ortho intramolecular Hbond substituents is 1. The van der Waals surface area contributed by atoms with Gasteiger partial charge in [-0.3, -0.25) is 4.79 Å². The molecule has 4 heteroatoms. The first kappa shape index (κ1) is 10.5. The molecule has 3 nitrogen and oxygen atoms in total. The normalized spacial score (nSPS) is 19.9. The van der Waals surface area contributed by atoms with Crippen molar-refractivity contribution in [1.29, 1.82) is 0 Å². The number of phenols is 1. The lowest BCUT2D eigenvalue weighted by molar-refractivity contribution is -0.117. The third-order valence-corrected chi connectivity index (χ3v) is 2.60. The predicted octanol–water partition coefficient (Wildman–Crippen LogP) is 1.52. The van der Waals surface area contributed by atoms with Crippen molar-refractivity contribution in [3.63, 3.8) is 0 Å². The maximum Gasteiger partial charge on any atom is 0.228 e. The van der Waals surface area contributed by atoms with E-state index in [0.717, 1.165) is 0 Å². The highest BCUT2D eigenvalue weighted by Crippen LogP contribution is 2.34. The van der Waals surface area contributed by atoms with E-state index in [1.807, 2.05) is 0 Å². The molecule has 16 heavy (non-hydrogen) atoms. The van der Waals surface area contributed by atoms with Crippen molar-refractivity contribution in [3.05, 3.63) is 24.0 Å². The lowest BCUT2D eigenvalue weighted by Crippen LogP contribution is -2.25. The van der Waals surface area contributed by atoms with Gasteiger partial charge in [-0.05, 0) is 12.1 Å². The molecule has 1 aromatic carbocycles. The molecule has 1 heterocycles. The summed E-state index contributed by atoms with van der Waals surface area (Å²) in [5.74, 6) is 1.13. The fraction of sp³-hybridized carbons (Fsp3) is 0.250. The summed E-state index contributed by atoms with van der Waals surface area (Å²) in [6.45, 7) is 0.254. The Labute approximate surface area is 92.5 Å². The Kier molecular flexibility index (Phi) is 2.53. The van der Waals surface area contributed by atoms with E-state index < -0.39 is 5.82 Å². The third-order valence-electron chi connectivity index (χ3n) is 2.60. The largest absolute Gasteiger partial charge is 0.506 e. The van der Waals surface area contributed by atoms with Gasteiger partial charge in [-0.1, -0.05) is 6.07 Å². The van der Waals surface area contributed by atoms with Crippen molar-refractivity contribution < 1.29 is 14.3 Å². The van der Waals surface area contributed by atoms with E-state index in [0.29, 0.717) is 0 Å². The minimum Gasteiger partial charge on any atom is -0.506 e. The summed E-state index contributed by atoms with van der Waals surface area (Å²) < 4.78 is 13.5. The average molecular weight is 219 g/mol. The van der Waals surface area contributed by atoms with Crippen LogP contribution in [0.4, 0.5) is 10.1 Å². The van der Waals surface area contributed by atoms with Gasteiger partial charge >= 0.3 is 0 Å². The average Bonchev–Trinajstić information content (AvgIpc) is 2.60. The Hall–Kier alpha value is -2.02. The van der Waals surface area contributed by atoms with E-state index in [1.165, 1.54) is 23.1 Å². The van der Waals surface area contributed by atoms with E-state index in [4.69, 9.17) is 6.42 Å². The lowest BCUT2D eigenvalue weighted by Gasteiger charge is -2.17. The summed E-state index contributed by atoms with van der Waals surface area (Å²) in [6.07, 6.45) is 5.43. The summed E-state index contributed by atoms with van der Waals surface area (Å²) >= 11 is 0. The number of benzene rings is 1. The highest BCUT2D eigenvalue weighted by molar-refractivity contribution is 5.97. The maximum atomic E-state index is 13.5. The number of anilines is 1. The molecular weight excluding hydrogens is 209 g/mol. The first-order valence-corrected chi connectivity index (χ1v) is 4.87. The maximum absolute atomic E-state index is 13.5. The van der Waals surface area contributed by atoms with Crippen molar-refractivity contribution >= 4 is 11.6 Å². The van der Waals surface area contributed by atoms with Crippen LogP contribution in [0.15, 0.2) is 18.2 Å². The molecule has 0 radical (unpaired) electrons. The van der Waals surface area contributed by atoms with Gasteiger partial charge in [0.05, 0.1) is 0 Å². The van der Waals surface area contributed by atoms with Crippen molar-refractivity contribution in [2.45, 2.75) is 6.42 Å². The fourth-order valence-corrected chi connectivity index (χ4v) is 1.81. The second kappa shape index (κ2) is 3.86. The Bertz CT molecular complexity index is 458. The van der Waals surface area contributed by atoms with Crippen LogP contribution in [0, 0.1) is 24.1 Å². The first-order chi connectivity index (χ1) is 7.63. The van der Waals surface area contributed by atoms with Gasteiger partial charge in [0.15, 0.2) is 5.82 Å². The molecule has 1 fully saturated rings. The zero-order valence-corrected chi connectivity index (χ0v) is 8.48. The van der Waals surface area contributed by atoms with Gasteiger partial charge in [0, 0.05) is 18.9 Å². The number of halogens is 1. The van der Waals surface area contributed by atoms with Gasteiger partial charge in [-0.2, -0.15) is 0 Å². The SMILES string of the molecule is C#CC1CC(=O)N(c2c(O)cccc2F)C1. The second-order valence-electron chi connectivity index (χ2n) is 3.68. The van der Waals surface area contributed by atoms with E-state index in [9.17, 15) is 14.3 Å². The molecule has 0 aliphatic carbocycles. The topological polar surface area (TPSA) is 40.5 Å². The van der Waals surface area contributed by atoms with Crippen LogP contribution in [0.5, 0.6) is 5.75 Å². The number of para-hydroxylation sites is 1. The summed E-state index contributed by atoms with van der Waals surface area (Å²) in [5, 5.41) is 9.54. The number of amides is 1. The van der Waals surface area contributed by atoms with Gasteiger partial charge in [0.1, 0.15) is 11.4 Å². The molecule has 1 amide bonds. The van der Waals surface area contributed by atoms with Crippen molar-refractivity contribution in [1.82, 2.24) is 0 Å². The minimum absolute atomic E-state index is 0.0785. The van der Waals surface area contributed by atoms with Gasteiger partial charge in [-0.15, -0.1) is 12.3 Å². The number of carbonyl (C=O) groups is 1. The third kappa shape index (κ3) is 1.61. The monoisotopic (exact) mass is 219 g/mol. The van der Waals surface area contributed by atoms with Crippen LogP contribution in [0.2, 0.25) is 0 Å². The number of rotatable bonds is 1. The number of nitrogens with zero attached hydrogens (tertiary/aromatic N) is 1. The standard InChI is InChI=1S/C12H10FNO2/c1-2-8-6-11(16)14(7-8)12-9(13)4-3-5-10(12)15/h1,3-5,8,15H,6-7H2. The molecule has 1 aromatic rings. The van der Waals surface area contributed by atoms with E-state index in [1.54, 1.807) is 0 Å². The van der Waals surface area contributed by atoms with Gasteiger partial charge in [-0.25, -0.2) is 4.39 Å². The Morgan fingerprint density at radius 3 is 2.88 bits per heavy atom. The summed E-state index contributed by atoms with van der Waals surface area (Å²) in [5.41, 5.74) is -0.0785. The van der Waals surface area contributed by atoms with Crippen LogP contribution in [0.1, 0.15) is 6.42 Å². The van der Waals surface area contributed by atoms with Crippen LogP contribution >= 0.6 is 0 Å². The Morgan fingerprint density at radius 1 is 1.56 bits per heavy atom. The molecule has 1 aliphatic heterocycles. The van der Waals surface area contributed by atoms with Crippen LogP contribution in [-0.4, -0.2) is 17.6 Å². The van der Waals surface area contributed by atoms with Crippen molar-refractivity contribution in [2.24, 2.45) is 5.92 Å². The molecule has 1 aliphatic rings. The van der Waals surface area contributed by atoms with Gasteiger partial charge in [0.2, 0.25) is 5.91 Å². The van der Waals surface area contributed by atoms with Crippen LogP contribution < -0.4 is 4.90 Å². The molecule has 0 aromatic heterocycles. The van der Waals surface area contributed by atoms with Gasteiger partial charge in [0.25, 0.3) is 0 Å². The Morgan fingerprint density at radius 2 is 2.31 bits per heavy atom. The number of terminal acetylenes is 1. The zero-order valence-electron chi connectivity index (χ0n) is 8.48. The number of carbonyl (C=O) groups excluding carboxylic acids is 1.